The van der Waals surface area contributed by atoms with E-state index in [1.807, 2.05) is 67.6 Å². The maximum absolute atomic E-state index is 11.9. The topological polar surface area (TPSA) is 51.2 Å². The molecule has 0 unspecified atom stereocenters. The second-order valence-corrected chi connectivity index (χ2v) is 5.89. The molecule has 4 heteroatoms. The average molecular weight is 344 g/mol. The van der Waals surface area contributed by atoms with E-state index in [0.717, 1.165) is 22.4 Å². The normalized spacial score (nSPS) is 10.7. The van der Waals surface area contributed by atoms with E-state index in [-0.39, 0.29) is 5.91 Å². The predicted molar refractivity (Wildman–Crippen MR) is 104 cm³/mol. The van der Waals surface area contributed by atoms with E-state index in [9.17, 15) is 4.79 Å². The van der Waals surface area contributed by atoms with Crippen LogP contribution in [-0.4, -0.2) is 10.9 Å². The molecule has 3 aromatic rings. The van der Waals surface area contributed by atoms with Crippen molar-refractivity contribution in [1.29, 1.82) is 0 Å². The van der Waals surface area contributed by atoms with Crippen LogP contribution < -0.4 is 10.1 Å². The largest absolute Gasteiger partial charge is 0.489 e. The highest BCUT2D eigenvalue weighted by Crippen LogP contribution is 2.15. The lowest BCUT2D eigenvalue weighted by Crippen LogP contribution is -2.08. The van der Waals surface area contributed by atoms with Crippen LogP contribution in [0.1, 0.15) is 16.7 Å². The Morgan fingerprint density at radius 3 is 2.50 bits per heavy atom. The molecule has 0 aliphatic carbocycles. The summed E-state index contributed by atoms with van der Waals surface area (Å²) >= 11 is 0. The van der Waals surface area contributed by atoms with Gasteiger partial charge in [-0.2, -0.15) is 0 Å². The van der Waals surface area contributed by atoms with Gasteiger partial charge in [0.1, 0.15) is 18.2 Å². The van der Waals surface area contributed by atoms with Gasteiger partial charge < -0.3 is 10.1 Å². The zero-order valence-electron chi connectivity index (χ0n) is 14.6. The fraction of sp³-hybridized carbons (Fsp3) is 0.0909. The number of nitrogens with zero attached hydrogens (tertiary/aromatic N) is 1. The van der Waals surface area contributed by atoms with Gasteiger partial charge in [0.25, 0.3) is 0 Å². The summed E-state index contributed by atoms with van der Waals surface area (Å²) in [6, 6.07) is 21.3. The first-order valence-electron chi connectivity index (χ1n) is 8.37. The molecule has 2 aromatic carbocycles. The number of aromatic nitrogens is 1. The van der Waals surface area contributed by atoms with Crippen molar-refractivity contribution in [3.05, 3.63) is 95.7 Å². The monoisotopic (exact) mass is 344 g/mol. The number of hydrogen-bond acceptors (Lipinski definition) is 3. The Balaban J connectivity index is 1.52. The highest BCUT2D eigenvalue weighted by Gasteiger charge is 1.99. The summed E-state index contributed by atoms with van der Waals surface area (Å²) in [7, 11) is 0. The second-order valence-electron chi connectivity index (χ2n) is 5.89. The lowest BCUT2D eigenvalue weighted by atomic mass is 10.2. The molecule has 0 atom stereocenters. The van der Waals surface area contributed by atoms with Crippen molar-refractivity contribution >= 4 is 17.8 Å². The number of nitrogens with one attached hydrogen (secondary N) is 1. The summed E-state index contributed by atoms with van der Waals surface area (Å²) in [6.07, 6.45) is 4.96. The lowest BCUT2D eigenvalue weighted by Gasteiger charge is -2.06. The minimum absolute atomic E-state index is 0.217. The number of anilines is 1. The Hall–Kier alpha value is -3.40. The summed E-state index contributed by atoms with van der Waals surface area (Å²) in [5.74, 6) is 1.11. The van der Waals surface area contributed by atoms with Gasteiger partial charge in [-0.25, -0.2) is 4.98 Å². The number of ether oxygens (including phenoxy) is 1. The van der Waals surface area contributed by atoms with Crippen LogP contribution in [0.3, 0.4) is 0 Å². The molecule has 1 aromatic heterocycles. The van der Waals surface area contributed by atoms with Gasteiger partial charge in [0.05, 0.1) is 0 Å². The van der Waals surface area contributed by atoms with Crippen LogP contribution in [0.15, 0.2) is 79.0 Å². The maximum atomic E-state index is 11.9. The van der Waals surface area contributed by atoms with Crippen molar-refractivity contribution in [3.63, 3.8) is 0 Å². The van der Waals surface area contributed by atoms with Gasteiger partial charge in [0, 0.05) is 12.3 Å². The molecule has 0 fully saturated rings. The number of amides is 1. The molecule has 26 heavy (non-hydrogen) atoms. The highest BCUT2D eigenvalue weighted by molar-refractivity contribution is 6.01. The zero-order chi connectivity index (χ0) is 18.2. The minimum Gasteiger partial charge on any atom is -0.489 e. The van der Waals surface area contributed by atoms with Crippen LogP contribution in [-0.2, 0) is 11.4 Å². The van der Waals surface area contributed by atoms with Crippen LogP contribution in [0, 0.1) is 6.92 Å². The van der Waals surface area contributed by atoms with Gasteiger partial charge in [-0.1, -0.05) is 48.5 Å². The van der Waals surface area contributed by atoms with Crippen LogP contribution in [0.4, 0.5) is 5.82 Å². The third-order valence-electron chi connectivity index (χ3n) is 3.72. The van der Waals surface area contributed by atoms with E-state index < -0.39 is 0 Å². The maximum Gasteiger partial charge on any atom is 0.249 e. The summed E-state index contributed by atoms with van der Waals surface area (Å²) < 4.78 is 5.75. The van der Waals surface area contributed by atoms with Crippen LogP contribution in [0.5, 0.6) is 5.75 Å². The third-order valence-corrected chi connectivity index (χ3v) is 3.72. The molecule has 0 spiro atoms. The average Bonchev–Trinajstić information content (AvgIpc) is 2.68. The number of pyridine rings is 1. The van der Waals surface area contributed by atoms with Gasteiger partial charge in [-0.15, -0.1) is 0 Å². The molecule has 130 valence electrons. The summed E-state index contributed by atoms with van der Waals surface area (Å²) in [6.45, 7) is 2.48. The SMILES string of the molecule is Cc1ccc(NC(=O)/C=C/c2ccc(OCc3ccccc3)cc2)nc1. The molecule has 0 bridgehead atoms. The standard InChI is InChI=1S/C22H20N2O2/c1-17-7-13-21(23-15-17)24-22(25)14-10-18-8-11-20(12-9-18)26-16-19-5-3-2-4-6-19/h2-15H,16H2,1H3,(H,23,24,25)/b14-10+. The highest BCUT2D eigenvalue weighted by atomic mass is 16.5. The number of rotatable bonds is 6. The molecule has 0 aliphatic rings. The Bertz CT molecular complexity index is 870. The summed E-state index contributed by atoms with van der Waals surface area (Å²) in [5.41, 5.74) is 3.09. The van der Waals surface area contributed by atoms with Crippen molar-refractivity contribution in [1.82, 2.24) is 4.98 Å². The third kappa shape index (κ3) is 5.31. The predicted octanol–water partition coefficient (Wildman–Crippen LogP) is 4.62. The molecule has 3 rings (SSSR count). The second kappa shape index (κ2) is 8.62. The number of aryl methyl sites for hydroxylation is 1. The fourth-order valence-corrected chi connectivity index (χ4v) is 2.30. The number of benzene rings is 2. The van der Waals surface area contributed by atoms with Crippen molar-refractivity contribution in [2.24, 2.45) is 0 Å². The molecule has 0 aliphatic heterocycles. The van der Waals surface area contributed by atoms with Gasteiger partial charge >= 0.3 is 0 Å². The molecule has 1 amide bonds. The fourth-order valence-electron chi connectivity index (χ4n) is 2.30. The van der Waals surface area contributed by atoms with Crippen molar-refractivity contribution in [2.45, 2.75) is 13.5 Å². The lowest BCUT2D eigenvalue weighted by molar-refractivity contribution is -0.111. The van der Waals surface area contributed by atoms with E-state index in [0.29, 0.717) is 12.4 Å². The van der Waals surface area contributed by atoms with Crippen LogP contribution in [0.25, 0.3) is 6.08 Å². The van der Waals surface area contributed by atoms with Gasteiger partial charge in [-0.05, 0) is 47.9 Å². The van der Waals surface area contributed by atoms with E-state index in [1.165, 1.54) is 6.08 Å². The first-order chi connectivity index (χ1) is 12.7. The molecule has 1 N–H and O–H groups in total. The smallest absolute Gasteiger partial charge is 0.249 e. The summed E-state index contributed by atoms with van der Waals surface area (Å²) in [4.78, 5) is 16.1. The first-order valence-corrected chi connectivity index (χ1v) is 8.37. The molecular weight excluding hydrogens is 324 g/mol. The molecule has 1 heterocycles. The quantitative estimate of drug-likeness (QED) is 0.664. The molecule has 0 saturated carbocycles. The van der Waals surface area contributed by atoms with Gasteiger partial charge in [0.15, 0.2) is 0 Å². The number of carbonyl (C=O) groups excluding carboxylic acids is 1. The van der Waals surface area contributed by atoms with Crippen LogP contribution in [0.2, 0.25) is 0 Å². The van der Waals surface area contributed by atoms with Crippen molar-refractivity contribution in [2.75, 3.05) is 5.32 Å². The van der Waals surface area contributed by atoms with Crippen molar-refractivity contribution in [3.8, 4) is 5.75 Å². The molecule has 0 radical (unpaired) electrons. The van der Waals surface area contributed by atoms with E-state index in [1.54, 1.807) is 18.3 Å². The van der Waals surface area contributed by atoms with E-state index in [4.69, 9.17) is 4.74 Å². The van der Waals surface area contributed by atoms with E-state index in [2.05, 4.69) is 10.3 Å². The number of carbonyl (C=O) groups is 1. The zero-order valence-corrected chi connectivity index (χ0v) is 14.6. The molecule has 4 nitrogen and oxygen atoms in total. The Kier molecular flexibility index (Phi) is 5.78. The van der Waals surface area contributed by atoms with E-state index >= 15 is 0 Å². The molecule has 0 saturated heterocycles. The minimum atomic E-state index is -0.217. The molecular formula is C22H20N2O2. The Morgan fingerprint density at radius 1 is 1.04 bits per heavy atom. The van der Waals surface area contributed by atoms with Gasteiger partial charge in [0.2, 0.25) is 5.91 Å². The first kappa shape index (κ1) is 17.4. The Labute approximate surface area is 153 Å². The van der Waals surface area contributed by atoms with Gasteiger partial charge in [-0.3, -0.25) is 4.79 Å². The Morgan fingerprint density at radius 2 is 1.81 bits per heavy atom. The van der Waals surface area contributed by atoms with Crippen molar-refractivity contribution < 1.29 is 9.53 Å². The summed E-state index contributed by atoms with van der Waals surface area (Å²) in [5, 5.41) is 2.73. The number of hydrogen-bond donors (Lipinski definition) is 1. The van der Waals surface area contributed by atoms with Crippen LogP contribution >= 0.6 is 0 Å².